The zero-order valence-corrected chi connectivity index (χ0v) is 14.1. The maximum Gasteiger partial charge on any atom is 0.227 e. The number of hydrogen-bond acceptors (Lipinski definition) is 5. The molecule has 3 rings (SSSR count). The van der Waals surface area contributed by atoms with Gasteiger partial charge in [0.05, 0.1) is 12.2 Å². The van der Waals surface area contributed by atoms with E-state index in [0.717, 1.165) is 17.7 Å². The summed E-state index contributed by atoms with van der Waals surface area (Å²) in [7, 11) is 0. The number of carbonyl (C=O) groups is 1. The molecule has 1 aromatic carbocycles. The number of hydrogen-bond donors (Lipinski definition) is 1. The summed E-state index contributed by atoms with van der Waals surface area (Å²) in [6.07, 6.45) is 3.40. The molecule has 25 heavy (non-hydrogen) atoms. The average molecular weight is 336 g/mol. The molecule has 0 unspecified atom stereocenters. The maximum absolute atomic E-state index is 11.9. The van der Waals surface area contributed by atoms with Gasteiger partial charge >= 0.3 is 0 Å². The normalized spacial score (nSPS) is 10.6. The van der Waals surface area contributed by atoms with E-state index in [-0.39, 0.29) is 5.91 Å². The largest absolute Gasteiger partial charge is 0.350 e. The molecule has 6 heteroatoms. The van der Waals surface area contributed by atoms with Crippen LogP contribution in [-0.2, 0) is 24.2 Å². The molecule has 128 valence electrons. The molecule has 0 bridgehead atoms. The summed E-state index contributed by atoms with van der Waals surface area (Å²) in [5.41, 5.74) is 3.00. The van der Waals surface area contributed by atoms with Gasteiger partial charge in [-0.1, -0.05) is 42.4 Å². The monoisotopic (exact) mass is 336 g/mol. The molecule has 1 amide bonds. The summed E-state index contributed by atoms with van der Waals surface area (Å²) in [6, 6.07) is 13.7. The Morgan fingerprint density at radius 2 is 2.00 bits per heavy atom. The van der Waals surface area contributed by atoms with Crippen LogP contribution in [0.1, 0.15) is 30.5 Å². The van der Waals surface area contributed by atoms with Crippen LogP contribution in [0.25, 0.3) is 11.4 Å². The van der Waals surface area contributed by atoms with Crippen LogP contribution in [0.5, 0.6) is 0 Å². The lowest BCUT2D eigenvalue weighted by Gasteiger charge is -2.03. The topological polar surface area (TPSA) is 80.9 Å². The summed E-state index contributed by atoms with van der Waals surface area (Å²) in [5.74, 6) is 0.937. The predicted molar refractivity (Wildman–Crippen MR) is 93.5 cm³/mol. The number of benzene rings is 1. The highest BCUT2D eigenvalue weighted by Gasteiger charge is 2.10. The second-order valence-electron chi connectivity index (χ2n) is 5.66. The van der Waals surface area contributed by atoms with Crippen LogP contribution in [0.2, 0.25) is 0 Å². The Labute approximate surface area is 146 Å². The van der Waals surface area contributed by atoms with E-state index in [4.69, 9.17) is 4.52 Å². The molecule has 0 spiro atoms. The molecule has 1 N–H and O–H groups in total. The first-order valence-corrected chi connectivity index (χ1v) is 8.33. The smallest absolute Gasteiger partial charge is 0.227 e. The van der Waals surface area contributed by atoms with E-state index in [0.29, 0.717) is 31.1 Å². The van der Waals surface area contributed by atoms with Gasteiger partial charge in [-0.3, -0.25) is 9.78 Å². The van der Waals surface area contributed by atoms with Gasteiger partial charge in [-0.25, -0.2) is 0 Å². The van der Waals surface area contributed by atoms with Crippen molar-refractivity contribution in [2.75, 3.05) is 0 Å². The lowest BCUT2D eigenvalue weighted by Crippen LogP contribution is -2.23. The van der Waals surface area contributed by atoms with Gasteiger partial charge in [-0.2, -0.15) is 4.98 Å². The van der Waals surface area contributed by atoms with Crippen molar-refractivity contribution in [1.82, 2.24) is 20.4 Å². The van der Waals surface area contributed by atoms with Crippen LogP contribution in [0.15, 0.2) is 53.2 Å². The molecule has 3 aromatic rings. The molecule has 0 atom stereocenters. The van der Waals surface area contributed by atoms with E-state index in [2.05, 4.69) is 39.5 Å². The number of nitrogens with zero attached hydrogens (tertiary/aromatic N) is 3. The fourth-order valence-electron chi connectivity index (χ4n) is 2.36. The molecule has 2 heterocycles. The van der Waals surface area contributed by atoms with E-state index in [1.807, 2.05) is 30.3 Å². The van der Waals surface area contributed by atoms with Crippen LogP contribution >= 0.6 is 0 Å². The Kier molecular flexibility index (Phi) is 5.51. The molecular weight excluding hydrogens is 316 g/mol. The Morgan fingerprint density at radius 3 is 2.72 bits per heavy atom. The minimum absolute atomic E-state index is 0.0716. The van der Waals surface area contributed by atoms with Crippen LogP contribution in [0, 0.1) is 0 Å². The molecule has 0 radical (unpaired) electrons. The van der Waals surface area contributed by atoms with Gasteiger partial charge in [0.1, 0.15) is 0 Å². The van der Waals surface area contributed by atoms with E-state index in [1.54, 1.807) is 6.20 Å². The molecule has 2 aromatic heterocycles. The zero-order valence-electron chi connectivity index (χ0n) is 14.1. The maximum atomic E-state index is 11.9. The Bertz CT molecular complexity index is 813. The number of amides is 1. The number of rotatable bonds is 7. The van der Waals surface area contributed by atoms with E-state index >= 15 is 0 Å². The molecule has 0 aliphatic heterocycles. The fourth-order valence-corrected chi connectivity index (χ4v) is 2.36. The minimum Gasteiger partial charge on any atom is -0.350 e. The average Bonchev–Trinajstić information content (AvgIpc) is 3.14. The number of nitrogens with one attached hydrogen (secondary N) is 1. The second kappa shape index (κ2) is 8.19. The second-order valence-corrected chi connectivity index (χ2v) is 5.66. The van der Waals surface area contributed by atoms with Crippen molar-refractivity contribution in [3.05, 3.63) is 65.8 Å². The van der Waals surface area contributed by atoms with Gasteiger partial charge in [0.15, 0.2) is 0 Å². The molecule has 0 saturated carbocycles. The highest BCUT2D eigenvalue weighted by atomic mass is 16.5. The minimum atomic E-state index is -0.0716. The highest BCUT2D eigenvalue weighted by molar-refractivity contribution is 5.75. The van der Waals surface area contributed by atoms with Crippen molar-refractivity contribution in [3.8, 4) is 11.4 Å². The van der Waals surface area contributed by atoms with Gasteiger partial charge in [-0.05, 0) is 24.1 Å². The van der Waals surface area contributed by atoms with Crippen LogP contribution in [-0.4, -0.2) is 21.0 Å². The molecule has 0 aliphatic rings. The Hall–Kier alpha value is -3.02. The van der Waals surface area contributed by atoms with Gasteiger partial charge < -0.3 is 9.84 Å². The summed E-state index contributed by atoms with van der Waals surface area (Å²) in [5, 5.41) is 6.81. The summed E-state index contributed by atoms with van der Waals surface area (Å²) < 4.78 is 5.24. The van der Waals surface area contributed by atoms with Crippen LogP contribution < -0.4 is 5.32 Å². The van der Waals surface area contributed by atoms with E-state index in [9.17, 15) is 4.79 Å². The van der Waals surface area contributed by atoms with Crippen molar-refractivity contribution in [1.29, 1.82) is 0 Å². The molecule has 0 aliphatic carbocycles. The molecule has 0 fully saturated rings. The summed E-state index contributed by atoms with van der Waals surface area (Å²) >= 11 is 0. The standard InChI is InChI=1S/C19H20N4O2/c1-2-14-6-8-15(9-7-14)19-22-18(25-23-19)11-10-17(24)21-13-16-5-3-4-12-20-16/h3-9,12H,2,10-11,13H2,1H3,(H,21,24). The fraction of sp³-hybridized carbons (Fsp3) is 0.263. The molecular formula is C19H20N4O2. The predicted octanol–water partition coefficient (Wildman–Crippen LogP) is 2.94. The third-order valence-corrected chi connectivity index (χ3v) is 3.85. The van der Waals surface area contributed by atoms with Gasteiger partial charge in [0, 0.05) is 24.6 Å². The van der Waals surface area contributed by atoms with E-state index < -0.39 is 0 Å². The first kappa shape index (κ1) is 16.8. The van der Waals surface area contributed by atoms with Crippen LogP contribution in [0.3, 0.4) is 0 Å². The van der Waals surface area contributed by atoms with Gasteiger partial charge in [0.25, 0.3) is 0 Å². The first-order chi connectivity index (χ1) is 12.2. The van der Waals surface area contributed by atoms with Crippen molar-refractivity contribution in [3.63, 3.8) is 0 Å². The first-order valence-electron chi connectivity index (χ1n) is 8.33. The number of carbonyl (C=O) groups excluding carboxylic acids is 1. The van der Waals surface area contributed by atoms with Crippen molar-refractivity contribution in [2.24, 2.45) is 0 Å². The SMILES string of the molecule is CCc1ccc(-c2noc(CCC(=O)NCc3ccccn3)n2)cc1. The van der Waals surface area contributed by atoms with Gasteiger partial charge in [0.2, 0.25) is 17.6 Å². The summed E-state index contributed by atoms with van der Waals surface area (Å²) in [6.45, 7) is 2.53. The lowest BCUT2D eigenvalue weighted by molar-refractivity contribution is -0.121. The van der Waals surface area contributed by atoms with Crippen molar-refractivity contribution < 1.29 is 9.32 Å². The Balaban J connectivity index is 1.50. The number of aromatic nitrogens is 3. The lowest BCUT2D eigenvalue weighted by atomic mass is 10.1. The quantitative estimate of drug-likeness (QED) is 0.717. The van der Waals surface area contributed by atoms with Crippen molar-refractivity contribution in [2.45, 2.75) is 32.7 Å². The van der Waals surface area contributed by atoms with Crippen LogP contribution in [0.4, 0.5) is 0 Å². The third kappa shape index (κ3) is 4.73. The van der Waals surface area contributed by atoms with E-state index in [1.165, 1.54) is 5.56 Å². The van der Waals surface area contributed by atoms with Crippen molar-refractivity contribution >= 4 is 5.91 Å². The molecule has 6 nitrogen and oxygen atoms in total. The zero-order chi connectivity index (χ0) is 17.5. The number of pyridine rings is 1. The Morgan fingerprint density at radius 1 is 1.16 bits per heavy atom. The summed E-state index contributed by atoms with van der Waals surface area (Å²) in [4.78, 5) is 20.4. The highest BCUT2D eigenvalue weighted by Crippen LogP contribution is 2.17. The third-order valence-electron chi connectivity index (χ3n) is 3.85. The number of aryl methyl sites for hydroxylation is 2. The van der Waals surface area contributed by atoms with Gasteiger partial charge in [-0.15, -0.1) is 0 Å². The molecule has 0 saturated heterocycles.